The van der Waals surface area contributed by atoms with Crippen molar-refractivity contribution in [3.05, 3.63) is 33.8 Å². The maximum Gasteiger partial charge on any atom is 0.0730 e. The van der Waals surface area contributed by atoms with Gasteiger partial charge in [0, 0.05) is 0 Å². The van der Waals surface area contributed by atoms with Crippen molar-refractivity contribution in [2.45, 2.75) is 25.5 Å². The molecule has 0 heterocycles. The zero-order chi connectivity index (χ0) is 10.7. The second-order valence-electron chi connectivity index (χ2n) is 3.14. The largest absolute Gasteiger partial charge is 0.391 e. The molecule has 14 heavy (non-hydrogen) atoms. The van der Waals surface area contributed by atoms with E-state index in [4.69, 9.17) is 28.9 Å². The van der Waals surface area contributed by atoms with Crippen LogP contribution in [0.2, 0.25) is 10.0 Å². The Bertz CT molecular complexity index is 317. The van der Waals surface area contributed by atoms with Crippen LogP contribution in [0.3, 0.4) is 0 Å². The zero-order valence-electron chi connectivity index (χ0n) is 7.87. The van der Waals surface area contributed by atoms with Gasteiger partial charge in [-0.25, -0.2) is 0 Å². The van der Waals surface area contributed by atoms with Crippen LogP contribution in [0, 0.1) is 0 Å². The third-order valence-electron chi connectivity index (χ3n) is 2.17. The summed E-state index contributed by atoms with van der Waals surface area (Å²) in [5, 5.41) is 10.5. The predicted octanol–water partition coefficient (Wildman–Crippen LogP) is 2.76. The second kappa shape index (κ2) is 4.99. The van der Waals surface area contributed by atoms with Gasteiger partial charge in [0.05, 0.1) is 22.2 Å². The number of aliphatic hydroxyl groups excluding tert-OH is 1. The Kier molecular flexibility index (Phi) is 4.20. The molecule has 4 heteroatoms. The lowest BCUT2D eigenvalue weighted by Crippen LogP contribution is -2.25. The van der Waals surface area contributed by atoms with Gasteiger partial charge in [-0.2, -0.15) is 0 Å². The smallest absolute Gasteiger partial charge is 0.0730 e. The van der Waals surface area contributed by atoms with E-state index >= 15 is 0 Å². The number of hydrogen-bond donors (Lipinski definition) is 2. The molecule has 2 nitrogen and oxygen atoms in total. The first kappa shape index (κ1) is 11.8. The van der Waals surface area contributed by atoms with Gasteiger partial charge in [0.25, 0.3) is 0 Å². The highest BCUT2D eigenvalue weighted by Crippen LogP contribution is 2.30. The molecule has 0 aliphatic heterocycles. The Morgan fingerprint density at radius 3 is 2.64 bits per heavy atom. The van der Waals surface area contributed by atoms with E-state index in [1.807, 2.05) is 6.92 Å². The maximum absolute atomic E-state index is 9.57. The standard InChI is InChI=1S/C10H13Cl2NO/c1-2-8(14)10(13)6-4-3-5-7(11)9(6)12/h3-5,8,10,14H,2,13H2,1H3/t8-,10+/m0/s1. The van der Waals surface area contributed by atoms with Crippen molar-refractivity contribution < 1.29 is 5.11 Å². The van der Waals surface area contributed by atoms with Crippen LogP contribution in [0.4, 0.5) is 0 Å². The third-order valence-corrected chi connectivity index (χ3v) is 3.01. The third kappa shape index (κ3) is 2.39. The van der Waals surface area contributed by atoms with E-state index in [1.165, 1.54) is 0 Å². The topological polar surface area (TPSA) is 46.2 Å². The molecule has 0 radical (unpaired) electrons. The first-order valence-corrected chi connectivity index (χ1v) is 5.21. The number of aliphatic hydroxyl groups is 1. The summed E-state index contributed by atoms with van der Waals surface area (Å²) < 4.78 is 0. The van der Waals surface area contributed by atoms with Gasteiger partial charge in [-0.3, -0.25) is 0 Å². The summed E-state index contributed by atoms with van der Waals surface area (Å²) in [6.45, 7) is 1.86. The van der Waals surface area contributed by atoms with Crippen molar-refractivity contribution in [2.75, 3.05) is 0 Å². The lowest BCUT2D eigenvalue weighted by atomic mass is 10.0. The van der Waals surface area contributed by atoms with Crippen molar-refractivity contribution in [1.29, 1.82) is 0 Å². The van der Waals surface area contributed by atoms with Crippen molar-refractivity contribution in [3.63, 3.8) is 0 Å². The molecule has 3 N–H and O–H groups in total. The highest BCUT2D eigenvalue weighted by Gasteiger charge is 2.18. The van der Waals surface area contributed by atoms with Gasteiger partial charge in [-0.15, -0.1) is 0 Å². The zero-order valence-corrected chi connectivity index (χ0v) is 9.39. The average molecular weight is 234 g/mol. The minimum Gasteiger partial charge on any atom is -0.391 e. The summed E-state index contributed by atoms with van der Waals surface area (Å²) in [5.41, 5.74) is 6.51. The second-order valence-corrected chi connectivity index (χ2v) is 3.93. The van der Waals surface area contributed by atoms with E-state index < -0.39 is 12.1 Å². The van der Waals surface area contributed by atoms with E-state index in [9.17, 15) is 5.11 Å². The Hall–Kier alpha value is -0.280. The highest BCUT2D eigenvalue weighted by atomic mass is 35.5. The molecule has 0 amide bonds. The van der Waals surface area contributed by atoms with Gasteiger partial charge in [0.1, 0.15) is 0 Å². The Balaban J connectivity index is 3.01. The lowest BCUT2D eigenvalue weighted by molar-refractivity contribution is 0.141. The van der Waals surface area contributed by atoms with Crippen LogP contribution in [0.25, 0.3) is 0 Å². The van der Waals surface area contributed by atoms with Gasteiger partial charge < -0.3 is 10.8 Å². The summed E-state index contributed by atoms with van der Waals surface area (Å²) >= 11 is 11.8. The number of nitrogens with two attached hydrogens (primary N) is 1. The van der Waals surface area contributed by atoms with Crippen LogP contribution < -0.4 is 5.73 Å². The summed E-state index contributed by atoms with van der Waals surface area (Å²) in [4.78, 5) is 0. The Morgan fingerprint density at radius 1 is 1.43 bits per heavy atom. The fourth-order valence-corrected chi connectivity index (χ4v) is 1.67. The van der Waals surface area contributed by atoms with Gasteiger partial charge in [0.15, 0.2) is 0 Å². The van der Waals surface area contributed by atoms with E-state index in [0.717, 1.165) is 0 Å². The molecule has 0 aliphatic carbocycles. The van der Waals surface area contributed by atoms with Crippen molar-refractivity contribution in [3.8, 4) is 0 Å². The summed E-state index contributed by atoms with van der Waals surface area (Å²) in [6.07, 6.45) is -0.00439. The normalized spacial score (nSPS) is 15.2. The molecular formula is C10H13Cl2NO. The van der Waals surface area contributed by atoms with Crippen LogP contribution >= 0.6 is 23.2 Å². The average Bonchev–Trinajstić information content (AvgIpc) is 2.20. The Morgan fingerprint density at radius 2 is 2.07 bits per heavy atom. The number of hydrogen-bond acceptors (Lipinski definition) is 2. The molecule has 0 unspecified atom stereocenters. The number of rotatable bonds is 3. The van der Waals surface area contributed by atoms with Crippen LogP contribution in [0.1, 0.15) is 24.9 Å². The van der Waals surface area contributed by atoms with E-state index in [2.05, 4.69) is 0 Å². The van der Waals surface area contributed by atoms with Crippen LogP contribution in [0.5, 0.6) is 0 Å². The molecule has 0 aliphatic rings. The first-order chi connectivity index (χ1) is 6.57. The molecule has 0 saturated carbocycles. The quantitative estimate of drug-likeness (QED) is 0.844. The lowest BCUT2D eigenvalue weighted by Gasteiger charge is -2.19. The van der Waals surface area contributed by atoms with Gasteiger partial charge in [-0.05, 0) is 18.1 Å². The van der Waals surface area contributed by atoms with Crippen LogP contribution in [-0.2, 0) is 0 Å². The molecular weight excluding hydrogens is 221 g/mol. The molecule has 78 valence electrons. The minimum absolute atomic E-state index is 0.425. The summed E-state index contributed by atoms with van der Waals surface area (Å²) in [5.74, 6) is 0. The SMILES string of the molecule is CC[C@H](O)[C@H](N)c1cccc(Cl)c1Cl. The summed E-state index contributed by atoms with van der Waals surface area (Å²) in [6, 6.07) is 4.76. The summed E-state index contributed by atoms with van der Waals surface area (Å²) in [7, 11) is 0. The molecule has 0 spiro atoms. The van der Waals surface area contributed by atoms with E-state index in [0.29, 0.717) is 22.0 Å². The highest BCUT2D eigenvalue weighted by molar-refractivity contribution is 6.42. The molecule has 0 aromatic heterocycles. The molecule has 0 saturated heterocycles. The molecule has 0 fully saturated rings. The molecule has 2 atom stereocenters. The van der Waals surface area contributed by atoms with Gasteiger partial charge >= 0.3 is 0 Å². The van der Waals surface area contributed by atoms with Crippen molar-refractivity contribution in [1.82, 2.24) is 0 Å². The molecule has 1 aromatic carbocycles. The molecule has 1 rings (SSSR count). The number of halogens is 2. The van der Waals surface area contributed by atoms with Crippen LogP contribution in [0.15, 0.2) is 18.2 Å². The first-order valence-electron chi connectivity index (χ1n) is 4.45. The van der Waals surface area contributed by atoms with Crippen LogP contribution in [-0.4, -0.2) is 11.2 Å². The molecule has 1 aromatic rings. The van der Waals surface area contributed by atoms with Gasteiger partial charge in [0.2, 0.25) is 0 Å². The Labute approximate surface area is 93.6 Å². The monoisotopic (exact) mass is 233 g/mol. The van der Waals surface area contributed by atoms with Crippen molar-refractivity contribution >= 4 is 23.2 Å². The van der Waals surface area contributed by atoms with Crippen molar-refractivity contribution in [2.24, 2.45) is 5.73 Å². The maximum atomic E-state index is 9.57. The fourth-order valence-electron chi connectivity index (χ4n) is 1.24. The van der Waals surface area contributed by atoms with Gasteiger partial charge in [-0.1, -0.05) is 42.3 Å². The molecule has 0 bridgehead atoms. The minimum atomic E-state index is -0.592. The van der Waals surface area contributed by atoms with E-state index in [-0.39, 0.29) is 0 Å². The fraction of sp³-hybridized carbons (Fsp3) is 0.400. The number of benzene rings is 1. The van der Waals surface area contributed by atoms with E-state index in [1.54, 1.807) is 18.2 Å². The predicted molar refractivity (Wildman–Crippen MR) is 59.7 cm³/mol.